The van der Waals surface area contributed by atoms with Crippen LogP contribution in [0.5, 0.6) is 11.5 Å². The molecule has 1 aliphatic heterocycles. The number of H-pyrrole nitrogens is 1. The van der Waals surface area contributed by atoms with Crippen LogP contribution < -0.4 is 14.4 Å². The minimum Gasteiger partial charge on any atom is -0.507 e. The minimum atomic E-state index is -1.03. The van der Waals surface area contributed by atoms with Crippen LogP contribution in [0.1, 0.15) is 17.2 Å². The Bertz CT molecular complexity index is 1520. The van der Waals surface area contributed by atoms with Gasteiger partial charge in [0.2, 0.25) is 5.95 Å². The number of nitrogens with one attached hydrogen (secondary N) is 1. The second-order valence-corrected chi connectivity index (χ2v) is 8.60. The number of benzene rings is 2. The van der Waals surface area contributed by atoms with E-state index in [1.807, 2.05) is 12.1 Å². The lowest BCUT2D eigenvalue weighted by molar-refractivity contribution is -0.132. The maximum atomic E-state index is 13.4. The number of ether oxygens (including phenoxy) is 2. The van der Waals surface area contributed by atoms with E-state index in [2.05, 4.69) is 15.0 Å². The topological polar surface area (TPSA) is 118 Å². The van der Waals surface area contributed by atoms with Crippen LogP contribution in [-0.2, 0) is 9.59 Å². The van der Waals surface area contributed by atoms with Crippen LogP contribution in [0.2, 0.25) is 10.0 Å². The van der Waals surface area contributed by atoms with Gasteiger partial charge in [-0.25, -0.2) is 4.98 Å². The molecule has 2 N–H and O–H groups in total. The Morgan fingerprint density at radius 1 is 1.06 bits per heavy atom. The van der Waals surface area contributed by atoms with E-state index in [1.165, 1.54) is 37.6 Å². The first-order valence-corrected chi connectivity index (χ1v) is 11.4. The molecule has 0 aliphatic carbocycles. The number of carbonyl (C=O) groups excluding carboxylic acids is 2. The summed E-state index contributed by atoms with van der Waals surface area (Å²) < 4.78 is 10.6. The molecular weight excluding hydrogens is 507 g/mol. The van der Waals surface area contributed by atoms with Crippen LogP contribution in [0.4, 0.5) is 5.95 Å². The number of fused-ring (bicyclic) bond motifs is 1. The van der Waals surface area contributed by atoms with Gasteiger partial charge in [-0.15, -0.1) is 0 Å². The summed E-state index contributed by atoms with van der Waals surface area (Å²) in [7, 11) is 2.73. The van der Waals surface area contributed by atoms with Crippen molar-refractivity contribution in [2.45, 2.75) is 6.04 Å². The molecule has 1 amide bonds. The van der Waals surface area contributed by atoms with E-state index in [4.69, 9.17) is 32.7 Å². The van der Waals surface area contributed by atoms with Crippen molar-refractivity contribution in [2.75, 3.05) is 19.1 Å². The first-order valence-electron chi connectivity index (χ1n) is 10.6. The third-order valence-electron chi connectivity index (χ3n) is 5.87. The number of para-hydroxylation sites is 2. The molecule has 0 spiro atoms. The second-order valence-electron chi connectivity index (χ2n) is 7.81. The normalized spacial score (nSPS) is 17.1. The zero-order valence-electron chi connectivity index (χ0n) is 19.0. The number of halogens is 2. The average molecular weight is 525 g/mol. The molecule has 9 nitrogen and oxygen atoms in total. The highest BCUT2D eigenvalue weighted by Gasteiger charge is 2.48. The highest BCUT2D eigenvalue weighted by atomic mass is 35.5. The van der Waals surface area contributed by atoms with Crippen molar-refractivity contribution in [3.63, 3.8) is 0 Å². The number of rotatable bonds is 5. The highest BCUT2D eigenvalue weighted by molar-refractivity contribution is 6.51. The monoisotopic (exact) mass is 524 g/mol. The van der Waals surface area contributed by atoms with Gasteiger partial charge in [0.1, 0.15) is 10.8 Å². The molecule has 2 aromatic heterocycles. The third kappa shape index (κ3) is 3.64. The van der Waals surface area contributed by atoms with E-state index < -0.39 is 23.5 Å². The fourth-order valence-electron chi connectivity index (χ4n) is 4.26. The molecule has 182 valence electrons. The number of aromatic amines is 1. The van der Waals surface area contributed by atoms with Gasteiger partial charge in [-0.05, 0) is 35.9 Å². The predicted molar refractivity (Wildman–Crippen MR) is 135 cm³/mol. The fraction of sp³-hybridized carbons (Fsp3) is 0.120. The van der Waals surface area contributed by atoms with Crippen LogP contribution in [-0.4, -0.2) is 46.0 Å². The second kappa shape index (κ2) is 9.18. The number of aromatic nitrogens is 3. The van der Waals surface area contributed by atoms with Crippen molar-refractivity contribution < 1.29 is 24.2 Å². The summed E-state index contributed by atoms with van der Waals surface area (Å²) in [5.41, 5.74) is 1.64. The van der Waals surface area contributed by atoms with Gasteiger partial charge in [-0.3, -0.25) is 19.5 Å². The summed E-state index contributed by atoms with van der Waals surface area (Å²) >= 11 is 12.7. The summed E-state index contributed by atoms with van der Waals surface area (Å²) in [6.45, 7) is 0. The number of pyridine rings is 1. The first-order chi connectivity index (χ1) is 17.4. The number of imidazole rings is 1. The first kappa shape index (κ1) is 23.7. The zero-order valence-corrected chi connectivity index (χ0v) is 20.5. The summed E-state index contributed by atoms with van der Waals surface area (Å²) in [5.74, 6) is -1.99. The minimum absolute atomic E-state index is 0.000948. The van der Waals surface area contributed by atoms with Gasteiger partial charge in [0, 0.05) is 12.4 Å². The van der Waals surface area contributed by atoms with Gasteiger partial charge in [0.25, 0.3) is 5.78 Å². The van der Waals surface area contributed by atoms with Crippen LogP contribution in [0.25, 0.3) is 16.8 Å². The predicted octanol–water partition coefficient (Wildman–Crippen LogP) is 4.91. The lowest BCUT2D eigenvalue weighted by atomic mass is 9.95. The maximum Gasteiger partial charge on any atom is 0.302 e. The quantitative estimate of drug-likeness (QED) is 0.216. The highest BCUT2D eigenvalue weighted by Crippen LogP contribution is 2.47. The van der Waals surface area contributed by atoms with Crippen molar-refractivity contribution >= 4 is 57.6 Å². The molecule has 1 atom stereocenters. The van der Waals surface area contributed by atoms with Gasteiger partial charge in [-0.1, -0.05) is 35.3 Å². The Hall–Kier alpha value is -4.08. The smallest absolute Gasteiger partial charge is 0.302 e. The largest absolute Gasteiger partial charge is 0.507 e. The number of anilines is 1. The SMILES string of the molecule is COc1c(Cl)cc(/C(O)=C2\C(=O)C(=O)N(c3nc4ccccc4[nH]3)C2c2ccncc2)c(OC)c1Cl. The lowest BCUT2D eigenvalue weighted by Crippen LogP contribution is -2.30. The molecule has 1 aliphatic rings. The van der Waals surface area contributed by atoms with Crippen molar-refractivity contribution in [1.82, 2.24) is 15.0 Å². The number of methoxy groups -OCH3 is 2. The molecule has 0 bridgehead atoms. The Labute approximate surface area is 214 Å². The van der Waals surface area contributed by atoms with Gasteiger partial charge in [-0.2, -0.15) is 0 Å². The number of aliphatic hydroxyl groups is 1. The van der Waals surface area contributed by atoms with Crippen LogP contribution >= 0.6 is 23.2 Å². The molecule has 2 aromatic carbocycles. The van der Waals surface area contributed by atoms with Crippen molar-refractivity contribution in [2.24, 2.45) is 0 Å². The summed E-state index contributed by atoms with van der Waals surface area (Å²) in [5, 5.41) is 11.5. The molecule has 4 aromatic rings. The molecule has 0 radical (unpaired) electrons. The number of ketones is 1. The Kier molecular flexibility index (Phi) is 6.03. The van der Waals surface area contributed by atoms with Crippen LogP contribution in [0, 0.1) is 0 Å². The standard InChI is InChI=1S/C25H18Cl2N4O5/c1-35-22-13(11-14(26)23(36-2)18(22)27)20(32)17-19(12-7-9-28-10-8-12)31(24(34)21(17)33)25-29-15-5-3-4-6-16(15)30-25/h3-11,19,32H,1-2H3,(H,29,30)/b20-17+. The maximum absolute atomic E-state index is 13.4. The molecule has 1 unspecified atom stereocenters. The Morgan fingerprint density at radius 3 is 2.42 bits per heavy atom. The number of aliphatic hydroxyl groups excluding tert-OH is 1. The number of hydrogen-bond acceptors (Lipinski definition) is 7. The number of hydrogen-bond donors (Lipinski definition) is 2. The van der Waals surface area contributed by atoms with Gasteiger partial charge < -0.3 is 19.6 Å². The van der Waals surface area contributed by atoms with E-state index in [9.17, 15) is 14.7 Å². The lowest BCUT2D eigenvalue weighted by Gasteiger charge is -2.23. The third-order valence-corrected chi connectivity index (χ3v) is 6.49. The Balaban J connectivity index is 1.77. The number of carbonyl (C=O) groups is 2. The van der Waals surface area contributed by atoms with Crippen LogP contribution in [0.3, 0.4) is 0 Å². The average Bonchev–Trinajstić information content (AvgIpc) is 3.42. The molecule has 5 rings (SSSR count). The number of amides is 1. The Morgan fingerprint density at radius 2 is 1.75 bits per heavy atom. The molecule has 1 saturated heterocycles. The molecule has 1 fully saturated rings. The van der Waals surface area contributed by atoms with E-state index in [0.29, 0.717) is 16.6 Å². The molecular formula is C25H18Cl2N4O5. The van der Waals surface area contributed by atoms with E-state index in [0.717, 1.165) is 0 Å². The fourth-order valence-corrected chi connectivity index (χ4v) is 4.94. The van der Waals surface area contributed by atoms with Gasteiger partial charge >= 0.3 is 5.91 Å². The van der Waals surface area contributed by atoms with E-state index in [1.54, 1.807) is 24.3 Å². The number of Topliss-reactive ketones (excluding diaryl/α,β-unsaturated/α-hetero) is 1. The molecule has 3 heterocycles. The molecule has 11 heteroatoms. The summed E-state index contributed by atoms with van der Waals surface area (Å²) in [4.78, 5) is 39.6. The van der Waals surface area contributed by atoms with Crippen LogP contribution in [0.15, 0.2) is 60.4 Å². The van der Waals surface area contributed by atoms with Gasteiger partial charge in [0.05, 0.1) is 47.5 Å². The van der Waals surface area contributed by atoms with Gasteiger partial charge in [0.15, 0.2) is 11.5 Å². The van der Waals surface area contributed by atoms with E-state index >= 15 is 0 Å². The van der Waals surface area contributed by atoms with Crippen molar-refractivity contribution in [3.05, 3.63) is 81.6 Å². The summed E-state index contributed by atoms with van der Waals surface area (Å²) in [6.07, 6.45) is 3.05. The van der Waals surface area contributed by atoms with E-state index in [-0.39, 0.29) is 38.6 Å². The number of nitrogens with zero attached hydrogens (tertiary/aromatic N) is 3. The zero-order chi connectivity index (χ0) is 25.6. The molecule has 36 heavy (non-hydrogen) atoms. The van der Waals surface area contributed by atoms with Crippen molar-refractivity contribution in [1.29, 1.82) is 0 Å². The molecule has 0 saturated carbocycles. The van der Waals surface area contributed by atoms with Crippen molar-refractivity contribution in [3.8, 4) is 11.5 Å². The summed E-state index contributed by atoms with van der Waals surface area (Å²) in [6, 6.07) is 10.8.